The molecule has 0 radical (unpaired) electrons. The molecule has 0 aromatic heterocycles. The highest BCUT2D eigenvalue weighted by molar-refractivity contribution is 7.91. The van der Waals surface area contributed by atoms with Gasteiger partial charge in [-0.15, -0.1) is 0 Å². The van der Waals surface area contributed by atoms with Gasteiger partial charge in [0, 0.05) is 25.1 Å². The van der Waals surface area contributed by atoms with E-state index >= 15 is 0 Å². The van der Waals surface area contributed by atoms with Crippen LogP contribution in [0.5, 0.6) is 0 Å². The Bertz CT molecular complexity index is 1050. The number of hydrogen-bond acceptors (Lipinski definition) is 6. The number of nitrogens with one attached hydrogen (secondary N) is 1. The average molecular weight is 439 g/mol. The largest absolute Gasteiger partial charge is 0.366 e. The van der Waals surface area contributed by atoms with E-state index in [0.29, 0.717) is 31.6 Å². The summed E-state index contributed by atoms with van der Waals surface area (Å²) in [5.74, 6) is -4.55. The molecule has 0 spiro atoms. The average Bonchev–Trinajstić information content (AvgIpc) is 2.74. The van der Waals surface area contributed by atoms with Gasteiger partial charge in [0.1, 0.15) is 5.69 Å². The van der Waals surface area contributed by atoms with Gasteiger partial charge in [0.05, 0.1) is 15.5 Å². The van der Waals surface area contributed by atoms with Crippen molar-refractivity contribution in [2.45, 2.75) is 23.5 Å². The Morgan fingerprint density at radius 3 is 2.33 bits per heavy atom. The summed E-state index contributed by atoms with van der Waals surface area (Å²) in [5.41, 5.74) is 0.255. The van der Waals surface area contributed by atoms with E-state index in [1.54, 1.807) is 18.2 Å². The highest BCUT2D eigenvalue weighted by atomic mass is 32.2. The van der Waals surface area contributed by atoms with Gasteiger partial charge >= 0.3 is 5.76 Å². The van der Waals surface area contributed by atoms with Crippen molar-refractivity contribution < 1.29 is 26.9 Å². The second kappa shape index (κ2) is 8.74. The summed E-state index contributed by atoms with van der Waals surface area (Å²) in [6.45, 7) is 0.778. The van der Waals surface area contributed by atoms with E-state index in [9.17, 15) is 32.1 Å². The van der Waals surface area contributed by atoms with Crippen LogP contribution in [0, 0.1) is 16.0 Å². The maximum absolute atomic E-state index is 12.9. The van der Waals surface area contributed by atoms with Crippen molar-refractivity contribution in [3.63, 3.8) is 0 Å². The first-order chi connectivity index (χ1) is 14.2. The first-order valence-corrected chi connectivity index (χ1v) is 10.7. The summed E-state index contributed by atoms with van der Waals surface area (Å²) in [7, 11) is -4.86. The third kappa shape index (κ3) is 4.40. The molecular weight excluding hydrogens is 420 g/mol. The van der Waals surface area contributed by atoms with Crippen molar-refractivity contribution >= 4 is 32.8 Å². The number of alkyl halides is 2. The molecule has 1 heterocycles. The Morgan fingerprint density at radius 2 is 1.70 bits per heavy atom. The molecule has 0 unspecified atom stereocenters. The fourth-order valence-corrected chi connectivity index (χ4v) is 4.30. The molecule has 0 saturated carbocycles. The molecule has 1 saturated heterocycles. The number of para-hydroxylation sites is 3. The quantitative estimate of drug-likeness (QED) is 0.545. The number of rotatable bonds is 6. The summed E-state index contributed by atoms with van der Waals surface area (Å²) < 4.78 is 49.5. The fraction of sp³-hybridized carbons (Fsp3) is 0.316. The van der Waals surface area contributed by atoms with Crippen molar-refractivity contribution in [2.75, 3.05) is 23.3 Å². The SMILES string of the molecule is O=C(Nc1ccccc1S(=O)(=O)C(F)F)C1CCN(c2ccccc2[N+](=O)[O-])CC1. The first kappa shape index (κ1) is 21.6. The molecule has 2 aromatic rings. The number of carbonyl (C=O) groups is 1. The molecule has 160 valence electrons. The number of hydrogen-bond donors (Lipinski definition) is 1. The number of amides is 1. The highest BCUT2D eigenvalue weighted by Crippen LogP contribution is 2.32. The molecule has 1 aliphatic rings. The van der Waals surface area contributed by atoms with E-state index in [-0.39, 0.29) is 11.4 Å². The van der Waals surface area contributed by atoms with Crippen molar-refractivity contribution in [2.24, 2.45) is 5.92 Å². The van der Waals surface area contributed by atoms with Crippen molar-refractivity contribution in [3.05, 3.63) is 58.6 Å². The highest BCUT2D eigenvalue weighted by Gasteiger charge is 2.32. The summed E-state index contributed by atoms with van der Waals surface area (Å²) in [4.78, 5) is 24.5. The molecular formula is C19H19F2N3O5S. The van der Waals surface area contributed by atoms with Crippen LogP contribution in [0.25, 0.3) is 0 Å². The minimum Gasteiger partial charge on any atom is -0.366 e. The Morgan fingerprint density at radius 1 is 1.10 bits per heavy atom. The van der Waals surface area contributed by atoms with Gasteiger partial charge in [-0.25, -0.2) is 8.42 Å². The van der Waals surface area contributed by atoms with Crippen LogP contribution in [0.2, 0.25) is 0 Å². The van der Waals surface area contributed by atoms with E-state index in [1.807, 2.05) is 4.90 Å². The van der Waals surface area contributed by atoms with Gasteiger partial charge in [0.25, 0.3) is 5.69 Å². The standard InChI is InChI=1S/C19H19F2N3O5S/c20-19(21)30(28,29)17-8-4-1-5-14(17)22-18(25)13-9-11-23(12-10-13)15-6-2-3-7-16(15)24(26)27/h1-8,13,19H,9-12H2,(H,22,25). The molecule has 11 heteroatoms. The van der Waals surface area contributed by atoms with Gasteiger partial charge in [-0.1, -0.05) is 24.3 Å². The molecule has 0 atom stereocenters. The lowest BCUT2D eigenvalue weighted by molar-refractivity contribution is -0.384. The smallest absolute Gasteiger partial charge is 0.341 e. The molecule has 2 aromatic carbocycles. The number of nitro benzene ring substituents is 1. The third-order valence-electron chi connectivity index (χ3n) is 4.97. The second-order valence-electron chi connectivity index (χ2n) is 6.80. The van der Waals surface area contributed by atoms with Crippen LogP contribution in [0.1, 0.15) is 12.8 Å². The van der Waals surface area contributed by atoms with Gasteiger partial charge in [0.15, 0.2) is 0 Å². The third-order valence-corrected chi connectivity index (χ3v) is 6.41. The van der Waals surface area contributed by atoms with Crippen molar-refractivity contribution in [1.82, 2.24) is 0 Å². The minimum atomic E-state index is -4.86. The molecule has 1 fully saturated rings. The monoisotopic (exact) mass is 439 g/mol. The number of halogens is 2. The topological polar surface area (TPSA) is 110 Å². The van der Waals surface area contributed by atoms with Crippen LogP contribution in [0.15, 0.2) is 53.4 Å². The lowest BCUT2D eigenvalue weighted by Gasteiger charge is -2.32. The molecule has 0 aliphatic carbocycles. The second-order valence-corrected chi connectivity index (χ2v) is 8.68. The number of sulfone groups is 1. The lowest BCUT2D eigenvalue weighted by atomic mass is 9.95. The van der Waals surface area contributed by atoms with Gasteiger partial charge < -0.3 is 10.2 Å². The minimum absolute atomic E-state index is 0.0217. The number of benzene rings is 2. The van der Waals surface area contributed by atoms with E-state index in [4.69, 9.17) is 0 Å². The predicted octanol–water partition coefficient (Wildman–Crippen LogP) is 3.45. The van der Waals surface area contributed by atoms with Crippen LogP contribution in [-0.2, 0) is 14.6 Å². The maximum Gasteiger partial charge on any atom is 0.341 e. The van der Waals surface area contributed by atoms with E-state index in [2.05, 4.69) is 5.32 Å². The zero-order valence-electron chi connectivity index (χ0n) is 15.7. The van der Waals surface area contributed by atoms with Crippen LogP contribution >= 0.6 is 0 Å². The fourth-order valence-electron chi connectivity index (χ4n) is 3.42. The molecule has 1 amide bonds. The number of nitrogens with zero attached hydrogens (tertiary/aromatic N) is 2. The van der Waals surface area contributed by atoms with Gasteiger partial charge in [-0.2, -0.15) is 8.78 Å². The molecule has 8 nitrogen and oxygen atoms in total. The van der Waals surface area contributed by atoms with Crippen LogP contribution < -0.4 is 10.2 Å². The molecule has 1 N–H and O–H groups in total. The van der Waals surface area contributed by atoms with Crippen LogP contribution in [0.4, 0.5) is 25.8 Å². The van der Waals surface area contributed by atoms with Crippen molar-refractivity contribution in [1.29, 1.82) is 0 Å². The van der Waals surface area contributed by atoms with E-state index in [0.717, 1.165) is 6.07 Å². The Kier molecular flexibility index (Phi) is 6.30. The summed E-state index contributed by atoms with van der Waals surface area (Å²) in [6, 6.07) is 11.4. The maximum atomic E-state index is 12.9. The number of nitro groups is 1. The Labute approximate surface area is 171 Å². The summed E-state index contributed by atoms with van der Waals surface area (Å²) in [5, 5.41) is 13.7. The lowest BCUT2D eigenvalue weighted by Crippen LogP contribution is -2.38. The predicted molar refractivity (Wildman–Crippen MR) is 106 cm³/mol. The van der Waals surface area contributed by atoms with E-state index in [1.165, 1.54) is 24.3 Å². The molecule has 1 aliphatic heterocycles. The summed E-state index contributed by atoms with van der Waals surface area (Å²) >= 11 is 0. The zero-order chi connectivity index (χ0) is 21.9. The molecule has 0 bridgehead atoms. The van der Waals surface area contributed by atoms with Crippen molar-refractivity contribution in [3.8, 4) is 0 Å². The first-order valence-electron chi connectivity index (χ1n) is 9.12. The van der Waals surface area contributed by atoms with Crippen LogP contribution in [-0.4, -0.2) is 38.1 Å². The Hall–Kier alpha value is -3.08. The zero-order valence-corrected chi connectivity index (χ0v) is 16.5. The number of piperidine rings is 1. The van der Waals surface area contributed by atoms with Gasteiger partial charge in [-0.05, 0) is 31.0 Å². The molecule has 30 heavy (non-hydrogen) atoms. The normalized spacial score (nSPS) is 15.2. The van der Waals surface area contributed by atoms with Crippen LogP contribution in [0.3, 0.4) is 0 Å². The van der Waals surface area contributed by atoms with E-state index < -0.39 is 37.2 Å². The molecule has 3 rings (SSSR count). The van der Waals surface area contributed by atoms with Gasteiger partial charge in [0.2, 0.25) is 15.7 Å². The number of anilines is 2. The number of carbonyl (C=O) groups excluding carboxylic acids is 1. The summed E-state index contributed by atoms with van der Waals surface area (Å²) in [6.07, 6.45) is 0.753. The Balaban J connectivity index is 1.70. The van der Waals surface area contributed by atoms with Gasteiger partial charge in [-0.3, -0.25) is 14.9 Å².